The highest BCUT2D eigenvalue weighted by Gasteiger charge is 2.05. The van der Waals surface area contributed by atoms with Crippen LogP contribution in [0.1, 0.15) is 10.6 Å². The number of rotatable bonds is 1. The maximum absolute atomic E-state index is 4.44. The molecule has 0 spiro atoms. The van der Waals surface area contributed by atoms with Gasteiger partial charge in [0.15, 0.2) is 0 Å². The summed E-state index contributed by atoms with van der Waals surface area (Å²) in [6.07, 6.45) is 0. The number of hydrogen-bond acceptors (Lipinski definition) is 3. The van der Waals surface area contributed by atoms with Gasteiger partial charge in [-0.05, 0) is 30.9 Å². The van der Waals surface area contributed by atoms with Crippen molar-refractivity contribution in [1.82, 2.24) is 4.98 Å². The molecule has 3 heteroatoms. The molecule has 0 aliphatic rings. The molecule has 0 unspecified atom stereocenters. The first kappa shape index (κ1) is 7.95. The first-order valence-electron chi connectivity index (χ1n) is 3.74. The van der Waals surface area contributed by atoms with Crippen molar-refractivity contribution < 1.29 is 0 Å². The molecule has 0 saturated carbocycles. The summed E-state index contributed by atoms with van der Waals surface area (Å²) in [6, 6.07) is 2.13. The SMILES string of the molecule is Cc1nc(-c2sccc2C)cs1. The molecule has 0 bridgehead atoms. The Hall–Kier alpha value is -0.670. The van der Waals surface area contributed by atoms with Crippen molar-refractivity contribution >= 4 is 22.7 Å². The second-order valence-corrected chi connectivity index (χ2v) is 4.66. The van der Waals surface area contributed by atoms with Crippen LogP contribution in [-0.4, -0.2) is 4.98 Å². The van der Waals surface area contributed by atoms with Crippen molar-refractivity contribution in [2.24, 2.45) is 0 Å². The minimum atomic E-state index is 1.13. The average Bonchev–Trinajstić information content (AvgIpc) is 2.58. The van der Waals surface area contributed by atoms with E-state index in [1.165, 1.54) is 10.4 Å². The van der Waals surface area contributed by atoms with Crippen LogP contribution in [0.25, 0.3) is 10.6 Å². The summed E-state index contributed by atoms with van der Waals surface area (Å²) in [5.74, 6) is 0. The van der Waals surface area contributed by atoms with Crippen LogP contribution in [0.4, 0.5) is 0 Å². The fraction of sp³-hybridized carbons (Fsp3) is 0.222. The molecule has 0 N–H and O–H groups in total. The van der Waals surface area contributed by atoms with Gasteiger partial charge in [-0.2, -0.15) is 0 Å². The van der Waals surface area contributed by atoms with Crippen molar-refractivity contribution in [2.45, 2.75) is 13.8 Å². The molecule has 62 valence electrons. The number of thiazole rings is 1. The summed E-state index contributed by atoms with van der Waals surface area (Å²) < 4.78 is 0. The predicted octanol–water partition coefficient (Wildman–Crippen LogP) is 3.49. The van der Waals surface area contributed by atoms with Crippen molar-refractivity contribution in [2.75, 3.05) is 0 Å². The minimum absolute atomic E-state index is 1.13. The summed E-state index contributed by atoms with van der Waals surface area (Å²) in [5, 5.41) is 5.37. The standard InChI is InChI=1S/C9H9NS2/c1-6-3-4-11-9(6)8-5-12-7(2)10-8/h3-5H,1-2H3. The molecule has 0 radical (unpaired) electrons. The Labute approximate surface area is 79.7 Å². The molecule has 0 aliphatic carbocycles. The quantitative estimate of drug-likeness (QED) is 0.678. The van der Waals surface area contributed by atoms with Crippen molar-refractivity contribution in [3.05, 3.63) is 27.4 Å². The number of hydrogen-bond donors (Lipinski definition) is 0. The third-order valence-corrected chi connectivity index (χ3v) is 3.53. The zero-order valence-electron chi connectivity index (χ0n) is 7.00. The van der Waals surface area contributed by atoms with Gasteiger partial charge in [0.2, 0.25) is 0 Å². The second-order valence-electron chi connectivity index (χ2n) is 2.68. The lowest BCUT2D eigenvalue weighted by molar-refractivity contribution is 1.30. The van der Waals surface area contributed by atoms with E-state index in [4.69, 9.17) is 0 Å². The van der Waals surface area contributed by atoms with E-state index in [9.17, 15) is 0 Å². The summed E-state index contributed by atoms with van der Waals surface area (Å²) in [5.41, 5.74) is 2.45. The zero-order valence-corrected chi connectivity index (χ0v) is 8.63. The molecule has 0 atom stereocenters. The zero-order chi connectivity index (χ0) is 8.55. The van der Waals surface area contributed by atoms with E-state index in [1.807, 2.05) is 6.92 Å². The molecule has 0 saturated heterocycles. The maximum atomic E-state index is 4.44. The van der Waals surface area contributed by atoms with E-state index in [1.54, 1.807) is 22.7 Å². The Morgan fingerprint density at radius 1 is 1.25 bits per heavy atom. The molecule has 0 fully saturated rings. The lowest BCUT2D eigenvalue weighted by atomic mass is 10.2. The summed E-state index contributed by atoms with van der Waals surface area (Å²) >= 11 is 3.47. The topological polar surface area (TPSA) is 12.9 Å². The molecule has 2 aromatic heterocycles. The van der Waals surface area contributed by atoms with Crippen molar-refractivity contribution in [1.29, 1.82) is 0 Å². The summed E-state index contributed by atoms with van der Waals surface area (Å²) in [6.45, 7) is 4.16. The Kier molecular flexibility index (Phi) is 1.98. The molecule has 2 rings (SSSR count). The largest absolute Gasteiger partial charge is 0.241 e. The van der Waals surface area contributed by atoms with Gasteiger partial charge in [-0.25, -0.2) is 4.98 Å². The van der Waals surface area contributed by atoms with Gasteiger partial charge in [0.05, 0.1) is 15.6 Å². The fourth-order valence-electron chi connectivity index (χ4n) is 1.10. The van der Waals surface area contributed by atoms with Crippen LogP contribution in [0.5, 0.6) is 0 Å². The van der Waals surface area contributed by atoms with E-state index in [0.717, 1.165) is 10.7 Å². The highest BCUT2D eigenvalue weighted by molar-refractivity contribution is 7.14. The Bertz CT molecular complexity index is 387. The number of nitrogens with zero attached hydrogens (tertiary/aromatic N) is 1. The van der Waals surface area contributed by atoms with E-state index in [2.05, 4.69) is 28.7 Å². The molecular weight excluding hydrogens is 186 g/mol. The van der Waals surface area contributed by atoms with Crippen molar-refractivity contribution in [3.63, 3.8) is 0 Å². The summed E-state index contributed by atoms with van der Waals surface area (Å²) in [7, 11) is 0. The van der Waals surface area contributed by atoms with Gasteiger partial charge >= 0.3 is 0 Å². The van der Waals surface area contributed by atoms with Crippen LogP contribution in [0.2, 0.25) is 0 Å². The molecule has 12 heavy (non-hydrogen) atoms. The number of aryl methyl sites for hydroxylation is 2. The van der Waals surface area contributed by atoms with Gasteiger partial charge in [-0.3, -0.25) is 0 Å². The monoisotopic (exact) mass is 195 g/mol. The molecule has 0 aliphatic heterocycles. The van der Waals surface area contributed by atoms with Crippen LogP contribution in [0.3, 0.4) is 0 Å². The van der Waals surface area contributed by atoms with Crippen LogP contribution in [-0.2, 0) is 0 Å². The molecule has 2 aromatic rings. The van der Waals surface area contributed by atoms with Crippen LogP contribution < -0.4 is 0 Å². The summed E-state index contributed by atoms with van der Waals surface area (Å²) in [4.78, 5) is 5.75. The van der Waals surface area contributed by atoms with Gasteiger partial charge in [0, 0.05) is 5.38 Å². The lowest BCUT2D eigenvalue weighted by Crippen LogP contribution is -1.75. The Morgan fingerprint density at radius 2 is 2.08 bits per heavy atom. The molecule has 1 nitrogen and oxygen atoms in total. The van der Waals surface area contributed by atoms with Gasteiger partial charge in [0.1, 0.15) is 0 Å². The average molecular weight is 195 g/mol. The number of aromatic nitrogens is 1. The molecule has 0 aromatic carbocycles. The maximum Gasteiger partial charge on any atom is 0.0916 e. The van der Waals surface area contributed by atoms with Crippen LogP contribution >= 0.6 is 22.7 Å². The first-order chi connectivity index (χ1) is 5.77. The second kappa shape index (κ2) is 2.99. The van der Waals surface area contributed by atoms with E-state index < -0.39 is 0 Å². The highest BCUT2D eigenvalue weighted by Crippen LogP contribution is 2.29. The molecule has 2 heterocycles. The van der Waals surface area contributed by atoms with Gasteiger partial charge in [-0.1, -0.05) is 0 Å². The Morgan fingerprint density at radius 3 is 2.58 bits per heavy atom. The third kappa shape index (κ3) is 1.30. The van der Waals surface area contributed by atoms with Gasteiger partial charge < -0.3 is 0 Å². The predicted molar refractivity (Wildman–Crippen MR) is 54.9 cm³/mol. The van der Waals surface area contributed by atoms with Gasteiger partial charge in [0.25, 0.3) is 0 Å². The molecule has 0 amide bonds. The van der Waals surface area contributed by atoms with E-state index >= 15 is 0 Å². The normalized spacial score (nSPS) is 10.5. The van der Waals surface area contributed by atoms with E-state index in [0.29, 0.717) is 0 Å². The van der Waals surface area contributed by atoms with Crippen LogP contribution in [0, 0.1) is 13.8 Å². The lowest BCUT2D eigenvalue weighted by Gasteiger charge is -1.91. The molecular formula is C9H9NS2. The Balaban J connectivity index is 2.50. The smallest absolute Gasteiger partial charge is 0.0916 e. The first-order valence-corrected chi connectivity index (χ1v) is 5.50. The van der Waals surface area contributed by atoms with E-state index in [-0.39, 0.29) is 0 Å². The third-order valence-electron chi connectivity index (χ3n) is 1.71. The number of thiophene rings is 1. The van der Waals surface area contributed by atoms with Crippen molar-refractivity contribution in [3.8, 4) is 10.6 Å². The fourth-order valence-corrected chi connectivity index (χ4v) is 2.67. The van der Waals surface area contributed by atoms with Crippen LogP contribution in [0.15, 0.2) is 16.8 Å². The highest BCUT2D eigenvalue weighted by atomic mass is 32.1. The van der Waals surface area contributed by atoms with Gasteiger partial charge in [-0.15, -0.1) is 22.7 Å². The minimum Gasteiger partial charge on any atom is -0.241 e.